The van der Waals surface area contributed by atoms with Gasteiger partial charge in [-0.05, 0) is 61.9 Å². The normalized spacial score (nSPS) is 61.3. The fourth-order valence-corrected chi connectivity index (χ4v) is 8.04. The Morgan fingerprint density at radius 3 is 2.71 bits per heavy atom. The van der Waals surface area contributed by atoms with Crippen molar-refractivity contribution in [2.45, 2.75) is 70.7 Å². The largest absolute Gasteiger partial charge is 0.459 e. The molecule has 0 aromatic heterocycles. The van der Waals surface area contributed by atoms with E-state index in [1.54, 1.807) is 0 Å². The highest BCUT2D eigenvalue weighted by molar-refractivity contribution is 5.80. The molecule has 0 aromatic carbocycles. The molecular formula is C20H28O4. The average molecular weight is 332 g/mol. The standard InChI is InChI=1S/C20H28O4/c1-10-11-5-6-12-18(2)7-4-8-19(3)14(18)13(24-17(19)23)16(22)20(12,9-11)15(10)21/h11-16,21-22H,1,4-9H2,2-3H3/t11-,12+,13-,14+,15+,16+,18+,19-,20+/m1/s1. The monoisotopic (exact) mass is 332 g/mol. The fourth-order valence-electron chi connectivity index (χ4n) is 8.04. The Morgan fingerprint density at radius 2 is 1.96 bits per heavy atom. The third kappa shape index (κ3) is 1.37. The molecule has 5 rings (SSSR count). The number of carbonyl (C=O) groups is 1. The number of aliphatic hydroxyl groups is 2. The van der Waals surface area contributed by atoms with Crippen molar-refractivity contribution in [2.24, 2.45) is 34.0 Å². The third-order valence-electron chi connectivity index (χ3n) is 8.94. The number of aliphatic hydroxyl groups excluding tert-OH is 2. The van der Waals surface area contributed by atoms with Gasteiger partial charge in [0.25, 0.3) is 0 Å². The number of rotatable bonds is 0. The maximum atomic E-state index is 12.7. The predicted octanol–water partition coefficient (Wildman–Crippen LogP) is 2.43. The third-order valence-corrected chi connectivity index (χ3v) is 8.94. The van der Waals surface area contributed by atoms with Crippen LogP contribution in [0, 0.1) is 34.0 Å². The Labute approximate surface area is 143 Å². The molecule has 1 aliphatic heterocycles. The molecule has 9 atom stereocenters. The molecule has 24 heavy (non-hydrogen) atoms. The van der Waals surface area contributed by atoms with E-state index in [1.165, 1.54) is 0 Å². The molecule has 5 aliphatic rings. The number of hydrogen-bond donors (Lipinski definition) is 2. The second kappa shape index (κ2) is 4.27. The van der Waals surface area contributed by atoms with Crippen molar-refractivity contribution < 1.29 is 19.7 Å². The van der Waals surface area contributed by atoms with Crippen LogP contribution in [0.4, 0.5) is 0 Å². The van der Waals surface area contributed by atoms with Crippen molar-refractivity contribution >= 4 is 5.97 Å². The molecule has 4 nitrogen and oxygen atoms in total. The lowest BCUT2D eigenvalue weighted by Crippen LogP contribution is -2.68. The SMILES string of the molecule is C=C1[C@@H]2CC[C@H]3[C@]4(C)CCC[C@@]5(C)C(=O)O[C@@H]([C@H](O)[C@]3(C2)[C@H]1O)[C@@H]45. The summed E-state index contributed by atoms with van der Waals surface area (Å²) in [6.45, 7) is 8.49. The molecule has 0 aromatic rings. The predicted molar refractivity (Wildman–Crippen MR) is 87.9 cm³/mol. The summed E-state index contributed by atoms with van der Waals surface area (Å²) in [4.78, 5) is 12.7. The molecular weight excluding hydrogens is 304 g/mol. The van der Waals surface area contributed by atoms with Crippen molar-refractivity contribution in [3.05, 3.63) is 12.2 Å². The molecule has 4 saturated carbocycles. The number of fused-ring (bicyclic) bond motifs is 2. The highest BCUT2D eigenvalue weighted by Gasteiger charge is 2.76. The van der Waals surface area contributed by atoms with E-state index in [-0.39, 0.29) is 23.2 Å². The molecule has 1 heterocycles. The minimum absolute atomic E-state index is 0.0559. The van der Waals surface area contributed by atoms with Gasteiger partial charge in [0.2, 0.25) is 0 Å². The number of esters is 1. The smallest absolute Gasteiger partial charge is 0.312 e. The van der Waals surface area contributed by atoms with E-state index in [0.717, 1.165) is 44.1 Å². The van der Waals surface area contributed by atoms with Crippen LogP contribution in [0.1, 0.15) is 52.4 Å². The lowest BCUT2D eigenvalue weighted by atomic mass is 9.40. The lowest BCUT2D eigenvalue weighted by molar-refractivity contribution is -0.240. The van der Waals surface area contributed by atoms with Gasteiger partial charge in [-0.1, -0.05) is 19.9 Å². The summed E-state index contributed by atoms with van der Waals surface area (Å²) in [6.07, 6.45) is 3.88. The van der Waals surface area contributed by atoms with E-state index in [1.807, 2.05) is 6.92 Å². The van der Waals surface area contributed by atoms with Gasteiger partial charge >= 0.3 is 5.97 Å². The number of hydrogen-bond acceptors (Lipinski definition) is 4. The second-order valence-electron chi connectivity index (χ2n) is 9.69. The van der Waals surface area contributed by atoms with Gasteiger partial charge in [0.15, 0.2) is 0 Å². The average Bonchev–Trinajstić information content (AvgIpc) is 2.92. The summed E-state index contributed by atoms with van der Waals surface area (Å²) in [7, 11) is 0. The molecule has 1 spiro atoms. The van der Waals surface area contributed by atoms with E-state index < -0.39 is 29.1 Å². The zero-order valence-electron chi connectivity index (χ0n) is 14.6. The molecule has 5 fully saturated rings. The van der Waals surface area contributed by atoms with Crippen LogP contribution in [0.25, 0.3) is 0 Å². The van der Waals surface area contributed by atoms with Gasteiger partial charge in [-0.2, -0.15) is 0 Å². The molecule has 0 radical (unpaired) electrons. The Balaban J connectivity index is 1.72. The van der Waals surface area contributed by atoms with Gasteiger partial charge in [0.05, 0.1) is 17.6 Å². The molecule has 132 valence electrons. The maximum absolute atomic E-state index is 12.7. The molecule has 4 heteroatoms. The van der Waals surface area contributed by atoms with Crippen LogP contribution >= 0.6 is 0 Å². The zero-order chi connectivity index (χ0) is 17.1. The summed E-state index contributed by atoms with van der Waals surface area (Å²) in [5, 5.41) is 22.4. The second-order valence-corrected chi connectivity index (χ2v) is 9.69. The number of ether oxygens (including phenoxy) is 1. The van der Waals surface area contributed by atoms with Crippen molar-refractivity contribution in [1.29, 1.82) is 0 Å². The van der Waals surface area contributed by atoms with E-state index in [0.29, 0.717) is 5.92 Å². The fraction of sp³-hybridized carbons (Fsp3) is 0.850. The maximum Gasteiger partial charge on any atom is 0.312 e. The van der Waals surface area contributed by atoms with Crippen molar-refractivity contribution in [1.82, 2.24) is 0 Å². The minimum Gasteiger partial charge on any atom is -0.459 e. The highest BCUT2D eigenvalue weighted by atomic mass is 16.6. The Morgan fingerprint density at radius 1 is 1.21 bits per heavy atom. The topological polar surface area (TPSA) is 66.8 Å². The van der Waals surface area contributed by atoms with E-state index in [9.17, 15) is 15.0 Å². The summed E-state index contributed by atoms with van der Waals surface area (Å²) in [5.74, 6) is 0.467. The van der Waals surface area contributed by atoms with Gasteiger partial charge in [0, 0.05) is 11.3 Å². The summed E-state index contributed by atoms with van der Waals surface area (Å²) < 4.78 is 5.81. The van der Waals surface area contributed by atoms with E-state index >= 15 is 0 Å². The first-order chi connectivity index (χ1) is 11.3. The van der Waals surface area contributed by atoms with Crippen molar-refractivity contribution in [3.63, 3.8) is 0 Å². The van der Waals surface area contributed by atoms with Gasteiger partial charge < -0.3 is 14.9 Å². The van der Waals surface area contributed by atoms with Crippen LogP contribution in [0.3, 0.4) is 0 Å². The van der Waals surface area contributed by atoms with Gasteiger partial charge in [-0.3, -0.25) is 4.79 Å². The van der Waals surface area contributed by atoms with Crippen LogP contribution in [0.2, 0.25) is 0 Å². The van der Waals surface area contributed by atoms with E-state index in [2.05, 4.69) is 13.5 Å². The Hall–Kier alpha value is -0.870. The first-order valence-corrected chi connectivity index (χ1v) is 9.53. The first kappa shape index (κ1) is 15.4. The van der Waals surface area contributed by atoms with Crippen LogP contribution in [-0.4, -0.2) is 34.5 Å². The van der Waals surface area contributed by atoms with Gasteiger partial charge in [-0.25, -0.2) is 0 Å². The summed E-state index contributed by atoms with van der Waals surface area (Å²) >= 11 is 0. The van der Waals surface area contributed by atoms with E-state index in [4.69, 9.17) is 4.74 Å². The highest BCUT2D eigenvalue weighted by Crippen LogP contribution is 2.74. The summed E-state index contributed by atoms with van der Waals surface area (Å²) in [6, 6.07) is 0. The van der Waals surface area contributed by atoms with Gasteiger partial charge in [-0.15, -0.1) is 0 Å². The van der Waals surface area contributed by atoms with Crippen LogP contribution in [0.15, 0.2) is 12.2 Å². The molecule has 2 N–H and O–H groups in total. The molecule has 0 unspecified atom stereocenters. The van der Waals surface area contributed by atoms with Crippen LogP contribution in [0.5, 0.6) is 0 Å². The Kier molecular flexibility index (Phi) is 2.74. The summed E-state index contributed by atoms with van der Waals surface area (Å²) in [5.41, 5.74) is -0.211. The molecule has 4 aliphatic carbocycles. The van der Waals surface area contributed by atoms with Gasteiger partial charge in [0.1, 0.15) is 6.10 Å². The molecule has 2 bridgehead atoms. The van der Waals surface area contributed by atoms with Crippen LogP contribution in [-0.2, 0) is 9.53 Å². The first-order valence-electron chi connectivity index (χ1n) is 9.53. The van der Waals surface area contributed by atoms with Crippen molar-refractivity contribution in [3.8, 4) is 0 Å². The Bertz CT molecular complexity index is 644. The quantitative estimate of drug-likeness (QED) is 0.528. The molecule has 1 saturated heterocycles. The molecule has 0 amide bonds. The number of carbonyl (C=O) groups excluding carboxylic acids is 1. The zero-order valence-corrected chi connectivity index (χ0v) is 14.6. The van der Waals surface area contributed by atoms with Crippen LogP contribution < -0.4 is 0 Å². The lowest BCUT2D eigenvalue weighted by Gasteiger charge is -2.64. The minimum atomic E-state index is -0.776. The van der Waals surface area contributed by atoms with Crippen molar-refractivity contribution in [2.75, 3.05) is 0 Å².